The molecular weight excluding hydrogens is 503 g/mol. The molecule has 4 aromatic rings. The lowest BCUT2D eigenvalue weighted by Crippen LogP contribution is -2.27. The molecule has 0 bridgehead atoms. The lowest BCUT2D eigenvalue weighted by molar-refractivity contribution is -0.137. The van der Waals surface area contributed by atoms with E-state index >= 15 is 0 Å². The van der Waals surface area contributed by atoms with E-state index in [1.54, 1.807) is 12.4 Å². The number of pyridine rings is 1. The van der Waals surface area contributed by atoms with Gasteiger partial charge in [0.25, 0.3) is 11.8 Å². The number of halogens is 4. The predicted molar refractivity (Wildman–Crippen MR) is 115 cm³/mol. The summed E-state index contributed by atoms with van der Waals surface area (Å²) in [5, 5.41) is 4.83. The van der Waals surface area contributed by atoms with E-state index in [0.29, 0.717) is 21.4 Å². The van der Waals surface area contributed by atoms with Gasteiger partial charge in [0.2, 0.25) is 0 Å². The molecule has 0 saturated heterocycles. The molecule has 0 aromatic carbocycles. The molecule has 0 radical (unpaired) electrons. The first-order valence-electron chi connectivity index (χ1n) is 8.98. The summed E-state index contributed by atoms with van der Waals surface area (Å²) < 4.78 is 39.0. The Labute approximate surface area is 196 Å². The van der Waals surface area contributed by atoms with Crippen LogP contribution in [-0.4, -0.2) is 36.7 Å². The van der Waals surface area contributed by atoms with Crippen molar-refractivity contribution in [3.63, 3.8) is 0 Å². The Morgan fingerprint density at radius 2 is 1.88 bits per heavy atom. The molecule has 33 heavy (non-hydrogen) atoms. The van der Waals surface area contributed by atoms with Gasteiger partial charge in [0.15, 0.2) is 5.69 Å². The molecule has 0 spiro atoms. The first-order chi connectivity index (χ1) is 15.6. The minimum atomic E-state index is -4.70. The lowest BCUT2D eigenvalue weighted by Gasteiger charge is -2.11. The van der Waals surface area contributed by atoms with Crippen molar-refractivity contribution in [1.82, 2.24) is 30.2 Å². The predicted octanol–water partition coefficient (Wildman–Crippen LogP) is 4.35. The topological polar surface area (TPSA) is 123 Å². The van der Waals surface area contributed by atoms with Crippen LogP contribution in [0.25, 0.3) is 10.3 Å². The molecule has 4 heterocycles. The third-order valence-electron chi connectivity index (χ3n) is 4.22. The zero-order chi connectivity index (χ0) is 23.8. The van der Waals surface area contributed by atoms with E-state index in [0.717, 1.165) is 17.5 Å². The van der Waals surface area contributed by atoms with Crippen molar-refractivity contribution in [2.75, 3.05) is 5.32 Å². The molecule has 0 aliphatic carbocycles. The first-order valence-corrected chi connectivity index (χ1v) is 11.1. The van der Waals surface area contributed by atoms with Gasteiger partial charge in [-0.25, -0.2) is 24.9 Å². The number of alkyl halides is 3. The van der Waals surface area contributed by atoms with Gasteiger partial charge in [0.1, 0.15) is 32.4 Å². The fourth-order valence-corrected chi connectivity index (χ4v) is 4.34. The number of amides is 2. The highest BCUT2D eigenvalue weighted by molar-refractivity contribution is 7.16. The minimum absolute atomic E-state index is 0.108. The Morgan fingerprint density at radius 3 is 2.64 bits per heavy atom. The maximum Gasteiger partial charge on any atom is 0.418 e. The summed E-state index contributed by atoms with van der Waals surface area (Å²) in [5.74, 6) is -1.52. The zero-order valence-electron chi connectivity index (χ0n) is 16.3. The monoisotopic (exact) mass is 513 g/mol. The molecule has 0 aliphatic heterocycles. The maximum absolute atomic E-state index is 13.0. The SMILES string of the molecule is CC(NC(=O)c1ncnc2scnc12)c1ncc(C(=O)Nc2cc(C(F)(F)F)c(Cl)cn2)s1. The van der Waals surface area contributed by atoms with Crippen LogP contribution in [0.3, 0.4) is 0 Å². The van der Waals surface area contributed by atoms with Crippen molar-refractivity contribution < 1.29 is 22.8 Å². The number of hydrogen-bond acceptors (Lipinski definition) is 9. The van der Waals surface area contributed by atoms with Gasteiger partial charge in [0.05, 0.1) is 28.3 Å². The smallest absolute Gasteiger partial charge is 0.342 e. The summed E-state index contributed by atoms with van der Waals surface area (Å²) in [6.45, 7) is 1.66. The van der Waals surface area contributed by atoms with Crippen LogP contribution in [0.1, 0.15) is 43.7 Å². The summed E-state index contributed by atoms with van der Waals surface area (Å²) in [5.41, 5.74) is 0.921. The van der Waals surface area contributed by atoms with E-state index in [4.69, 9.17) is 11.6 Å². The van der Waals surface area contributed by atoms with Crippen LogP contribution in [0.2, 0.25) is 5.02 Å². The number of aromatic nitrogens is 5. The average Bonchev–Trinajstić information content (AvgIpc) is 3.43. The molecule has 9 nitrogen and oxygen atoms in total. The molecule has 4 aromatic heterocycles. The Bertz CT molecular complexity index is 1360. The van der Waals surface area contributed by atoms with E-state index in [-0.39, 0.29) is 16.4 Å². The van der Waals surface area contributed by atoms with Crippen LogP contribution >= 0.6 is 34.3 Å². The molecule has 0 fully saturated rings. The quantitative estimate of drug-likeness (QED) is 0.406. The fourth-order valence-electron chi connectivity index (χ4n) is 2.68. The van der Waals surface area contributed by atoms with Crippen molar-refractivity contribution in [1.29, 1.82) is 0 Å². The van der Waals surface area contributed by atoms with E-state index in [9.17, 15) is 22.8 Å². The van der Waals surface area contributed by atoms with Crippen molar-refractivity contribution in [3.8, 4) is 0 Å². The summed E-state index contributed by atoms with van der Waals surface area (Å²) in [6, 6.07) is 0.0598. The van der Waals surface area contributed by atoms with Crippen LogP contribution in [0.15, 0.2) is 30.3 Å². The molecule has 1 atom stereocenters. The minimum Gasteiger partial charge on any atom is -0.342 e. The lowest BCUT2D eigenvalue weighted by atomic mass is 10.2. The number of nitrogens with zero attached hydrogens (tertiary/aromatic N) is 5. The normalized spacial score (nSPS) is 12.5. The maximum atomic E-state index is 13.0. The highest BCUT2D eigenvalue weighted by Crippen LogP contribution is 2.35. The number of fused-ring (bicyclic) bond motifs is 1. The van der Waals surface area contributed by atoms with E-state index < -0.39 is 34.6 Å². The number of thiazole rings is 2. The summed E-state index contributed by atoms with van der Waals surface area (Å²) >= 11 is 7.77. The second-order valence-electron chi connectivity index (χ2n) is 6.49. The van der Waals surface area contributed by atoms with Gasteiger partial charge >= 0.3 is 6.18 Å². The Balaban J connectivity index is 1.46. The van der Waals surface area contributed by atoms with Gasteiger partial charge in [-0.2, -0.15) is 13.2 Å². The van der Waals surface area contributed by atoms with Gasteiger partial charge in [-0.15, -0.1) is 22.7 Å². The first kappa shape index (κ1) is 22.9. The van der Waals surface area contributed by atoms with Crippen molar-refractivity contribution in [2.45, 2.75) is 19.1 Å². The number of rotatable bonds is 5. The van der Waals surface area contributed by atoms with E-state index in [2.05, 4.69) is 35.6 Å². The second kappa shape index (κ2) is 8.96. The van der Waals surface area contributed by atoms with Crippen LogP contribution in [-0.2, 0) is 6.18 Å². The van der Waals surface area contributed by atoms with Crippen LogP contribution < -0.4 is 10.6 Å². The zero-order valence-corrected chi connectivity index (χ0v) is 18.7. The van der Waals surface area contributed by atoms with Crippen molar-refractivity contribution in [3.05, 3.63) is 56.5 Å². The van der Waals surface area contributed by atoms with Gasteiger partial charge in [-0.05, 0) is 13.0 Å². The molecule has 0 aliphatic rings. The van der Waals surface area contributed by atoms with Gasteiger partial charge < -0.3 is 10.6 Å². The van der Waals surface area contributed by atoms with E-state index in [1.807, 2.05) is 0 Å². The number of nitrogens with one attached hydrogen (secondary N) is 2. The van der Waals surface area contributed by atoms with Crippen LogP contribution in [0.4, 0.5) is 19.0 Å². The van der Waals surface area contributed by atoms with E-state index in [1.165, 1.54) is 23.9 Å². The molecule has 1 unspecified atom stereocenters. The number of carbonyl (C=O) groups is 2. The van der Waals surface area contributed by atoms with Gasteiger partial charge in [-0.3, -0.25) is 9.59 Å². The van der Waals surface area contributed by atoms with Crippen molar-refractivity contribution in [2.24, 2.45) is 0 Å². The standard InChI is InChI=1S/C18H11ClF3N7O2S2/c1-7(28-15(31)12-13-17(26-5-25-12)32-6-27-13)16-24-4-10(33-16)14(30)29-11-2-8(18(20,21)22)9(19)3-23-11/h2-7H,1H3,(H,28,31)(H,23,29,30). The molecule has 170 valence electrons. The molecule has 0 saturated carbocycles. The molecule has 4 rings (SSSR count). The number of carbonyl (C=O) groups excluding carboxylic acids is 2. The molecule has 15 heteroatoms. The second-order valence-corrected chi connectivity index (χ2v) is 8.79. The highest BCUT2D eigenvalue weighted by atomic mass is 35.5. The fraction of sp³-hybridized carbons (Fsp3) is 0.167. The Morgan fingerprint density at radius 1 is 1.09 bits per heavy atom. The Hall–Kier alpha value is -3.23. The largest absolute Gasteiger partial charge is 0.418 e. The average molecular weight is 514 g/mol. The molecule has 2 N–H and O–H groups in total. The highest BCUT2D eigenvalue weighted by Gasteiger charge is 2.34. The van der Waals surface area contributed by atoms with Crippen LogP contribution in [0.5, 0.6) is 0 Å². The number of hydrogen-bond donors (Lipinski definition) is 2. The summed E-state index contributed by atoms with van der Waals surface area (Å²) in [4.78, 5) is 45.7. The Kier molecular flexibility index (Phi) is 6.23. The third kappa shape index (κ3) is 4.91. The van der Waals surface area contributed by atoms with Crippen molar-refractivity contribution >= 4 is 62.3 Å². The third-order valence-corrected chi connectivity index (χ3v) is 6.43. The number of anilines is 1. The van der Waals surface area contributed by atoms with Crippen LogP contribution in [0, 0.1) is 0 Å². The molecular formula is C18H11ClF3N7O2S2. The van der Waals surface area contributed by atoms with Gasteiger partial charge in [0, 0.05) is 6.20 Å². The summed E-state index contributed by atoms with van der Waals surface area (Å²) in [6.07, 6.45) is -1.37. The summed E-state index contributed by atoms with van der Waals surface area (Å²) in [7, 11) is 0. The molecule has 2 amide bonds. The van der Waals surface area contributed by atoms with Gasteiger partial charge in [-0.1, -0.05) is 11.6 Å².